The molecule has 2 aromatic rings. The molecule has 1 fully saturated rings. The highest BCUT2D eigenvalue weighted by Gasteiger charge is 2.30. The molecule has 3 heterocycles. The van der Waals surface area contributed by atoms with Crippen molar-refractivity contribution in [3.63, 3.8) is 0 Å². The Balaban J connectivity index is 0.00000192. The first-order chi connectivity index (χ1) is 10.7. The number of halogens is 1. The van der Waals surface area contributed by atoms with Crippen LogP contribution >= 0.6 is 12.4 Å². The van der Waals surface area contributed by atoms with Crippen molar-refractivity contribution in [2.45, 2.75) is 6.04 Å². The van der Waals surface area contributed by atoms with Crippen LogP contribution in [0.2, 0.25) is 0 Å². The van der Waals surface area contributed by atoms with Gasteiger partial charge in [-0.1, -0.05) is 6.07 Å². The number of rotatable bonds is 3. The van der Waals surface area contributed by atoms with Crippen molar-refractivity contribution in [1.82, 2.24) is 20.2 Å². The summed E-state index contributed by atoms with van der Waals surface area (Å²) < 4.78 is 0. The number of carbonyl (C=O) groups is 1. The van der Waals surface area contributed by atoms with E-state index in [2.05, 4.69) is 15.3 Å². The van der Waals surface area contributed by atoms with Crippen molar-refractivity contribution in [2.24, 2.45) is 0 Å². The van der Waals surface area contributed by atoms with Gasteiger partial charge in [-0.2, -0.15) is 0 Å². The predicted octanol–water partition coefficient (Wildman–Crippen LogP) is 1.53. The molecule has 0 aromatic carbocycles. The molecule has 1 amide bonds. The first kappa shape index (κ1) is 16.9. The van der Waals surface area contributed by atoms with Crippen LogP contribution < -0.4 is 5.32 Å². The summed E-state index contributed by atoms with van der Waals surface area (Å²) in [5.41, 5.74) is 1.04. The average Bonchev–Trinajstić information content (AvgIpc) is 3.05. The number of amides is 1. The van der Waals surface area contributed by atoms with E-state index in [4.69, 9.17) is 0 Å². The second-order valence-corrected chi connectivity index (χ2v) is 5.03. The van der Waals surface area contributed by atoms with Gasteiger partial charge in [-0.3, -0.25) is 19.9 Å². The van der Waals surface area contributed by atoms with Gasteiger partial charge in [0.15, 0.2) is 0 Å². The molecule has 122 valence electrons. The quantitative estimate of drug-likeness (QED) is 0.653. The molecule has 0 radical (unpaired) electrons. The zero-order valence-corrected chi connectivity index (χ0v) is 13.0. The van der Waals surface area contributed by atoms with E-state index in [1.54, 1.807) is 17.3 Å². The third-order valence-electron chi connectivity index (χ3n) is 3.68. The lowest BCUT2D eigenvalue weighted by atomic mass is 10.0. The van der Waals surface area contributed by atoms with Crippen LogP contribution in [0.25, 0.3) is 0 Å². The zero-order chi connectivity index (χ0) is 15.5. The summed E-state index contributed by atoms with van der Waals surface area (Å²) in [6.07, 6.45) is 4.64. The van der Waals surface area contributed by atoms with Crippen LogP contribution in [-0.2, 0) is 0 Å². The summed E-state index contributed by atoms with van der Waals surface area (Å²) in [6.45, 7) is 1.84. The number of piperazine rings is 1. The van der Waals surface area contributed by atoms with Crippen molar-refractivity contribution < 1.29 is 9.72 Å². The highest BCUT2D eigenvalue weighted by atomic mass is 35.5. The van der Waals surface area contributed by atoms with Gasteiger partial charge in [0.25, 0.3) is 11.6 Å². The van der Waals surface area contributed by atoms with E-state index >= 15 is 0 Å². The van der Waals surface area contributed by atoms with E-state index in [0.717, 1.165) is 5.56 Å². The number of carbonyl (C=O) groups excluding carboxylic acids is 1. The largest absolute Gasteiger partial charge is 0.351 e. The topological polar surface area (TPSA) is 104 Å². The minimum absolute atomic E-state index is 0. The molecule has 3 rings (SSSR count). The fraction of sp³-hybridized carbons (Fsp3) is 0.286. The maximum absolute atomic E-state index is 12.6. The van der Waals surface area contributed by atoms with Gasteiger partial charge in [-0.25, -0.2) is 0 Å². The lowest BCUT2D eigenvalue weighted by molar-refractivity contribution is -0.384. The monoisotopic (exact) mass is 337 g/mol. The maximum atomic E-state index is 12.6. The Kier molecular flexibility index (Phi) is 5.30. The molecule has 0 spiro atoms. The van der Waals surface area contributed by atoms with Crippen LogP contribution in [0.4, 0.5) is 5.69 Å². The highest BCUT2D eigenvalue weighted by Crippen LogP contribution is 2.24. The second kappa shape index (κ2) is 7.21. The number of aromatic nitrogens is 2. The Morgan fingerprint density at radius 3 is 2.96 bits per heavy atom. The molecule has 0 saturated carbocycles. The van der Waals surface area contributed by atoms with Gasteiger partial charge in [0.1, 0.15) is 5.69 Å². The Morgan fingerprint density at radius 1 is 1.48 bits per heavy atom. The molecule has 0 bridgehead atoms. The molecule has 9 heteroatoms. The molecule has 23 heavy (non-hydrogen) atoms. The highest BCUT2D eigenvalue weighted by molar-refractivity contribution is 5.93. The smallest absolute Gasteiger partial charge is 0.287 e. The second-order valence-electron chi connectivity index (χ2n) is 5.03. The molecule has 2 N–H and O–H groups in total. The molecule has 2 aromatic heterocycles. The molecule has 1 aliphatic heterocycles. The van der Waals surface area contributed by atoms with E-state index in [1.807, 2.05) is 12.1 Å². The molecule has 1 unspecified atom stereocenters. The van der Waals surface area contributed by atoms with Gasteiger partial charge in [0.2, 0.25) is 0 Å². The minimum Gasteiger partial charge on any atom is -0.351 e. The van der Waals surface area contributed by atoms with E-state index in [1.165, 1.54) is 12.3 Å². The van der Waals surface area contributed by atoms with E-state index in [-0.39, 0.29) is 35.7 Å². The Morgan fingerprint density at radius 2 is 2.30 bits per heavy atom. The Hall–Kier alpha value is -2.45. The zero-order valence-electron chi connectivity index (χ0n) is 12.1. The number of hydrogen-bond acceptors (Lipinski definition) is 5. The number of nitrogens with zero attached hydrogens (tertiary/aromatic N) is 3. The van der Waals surface area contributed by atoms with Crippen LogP contribution in [-0.4, -0.2) is 45.3 Å². The summed E-state index contributed by atoms with van der Waals surface area (Å²) in [6, 6.07) is 4.87. The first-order valence-electron chi connectivity index (χ1n) is 6.91. The number of nitro groups is 1. The summed E-state index contributed by atoms with van der Waals surface area (Å²) in [5.74, 6) is -0.247. The molecule has 1 saturated heterocycles. The SMILES string of the molecule is Cl.O=C(c1cc([N+](=O)[O-])c[nH]1)N1CCNCC1c1cccnc1. The van der Waals surface area contributed by atoms with Crippen LogP contribution in [0.15, 0.2) is 36.8 Å². The normalized spacial score (nSPS) is 17.4. The molecular formula is C14H16ClN5O3. The van der Waals surface area contributed by atoms with Crippen molar-refractivity contribution in [3.8, 4) is 0 Å². The van der Waals surface area contributed by atoms with Crippen LogP contribution in [0.3, 0.4) is 0 Å². The fourth-order valence-corrected chi connectivity index (χ4v) is 2.58. The lowest BCUT2D eigenvalue weighted by Gasteiger charge is -2.36. The summed E-state index contributed by atoms with van der Waals surface area (Å²) >= 11 is 0. The third-order valence-corrected chi connectivity index (χ3v) is 3.68. The Bertz CT molecular complexity index is 691. The minimum atomic E-state index is -0.524. The van der Waals surface area contributed by atoms with Gasteiger partial charge >= 0.3 is 0 Å². The summed E-state index contributed by atoms with van der Waals surface area (Å²) in [7, 11) is 0. The van der Waals surface area contributed by atoms with Crippen LogP contribution in [0.1, 0.15) is 22.1 Å². The molecule has 0 aliphatic carbocycles. The van der Waals surface area contributed by atoms with E-state index in [9.17, 15) is 14.9 Å². The van der Waals surface area contributed by atoms with Crippen LogP contribution in [0.5, 0.6) is 0 Å². The Labute approximate surface area is 138 Å². The van der Waals surface area contributed by atoms with Crippen molar-refractivity contribution in [1.29, 1.82) is 0 Å². The first-order valence-corrected chi connectivity index (χ1v) is 6.91. The molecule has 1 atom stereocenters. The average molecular weight is 338 g/mol. The standard InChI is InChI=1S/C14H15N5O3.ClH/c20-14(12-6-11(8-17-12)19(21)22)18-5-4-16-9-13(18)10-2-1-3-15-7-10;/h1-3,6-8,13,16-17H,4-5,9H2;1H. The number of hydrogen-bond donors (Lipinski definition) is 2. The van der Waals surface area contributed by atoms with E-state index < -0.39 is 4.92 Å². The van der Waals surface area contributed by atoms with Crippen molar-refractivity contribution in [2.75, 3.05) is 19.6 Å². The third kappa shape index (κ3) is 3.49. The van der Waals surface area contributed by atoms with E-state index in [0.29, 0.717) is 19.6 Å². The van der Waals surface area contributed by atoms with Crippen LogP contribution in [0, 0.1) is 10.1 Å². The fourth-order valence-electron chi connectivity index (χ4n) is 2.58. The summed E-state index contributed by atoms with van der Waals surface area (Å²) in [4.78, 5) is 31.3. The van der Waals surface area contributed by atoms with Gasteiger partial charge in [-0.05, 0) is 11.6 Å². The van der Waals surface area contributed by atoms with Gasteiger partial charge in [0.05, 0.1) is 17.2 Å². The number of nitrogens with one attached hydrogen (secondary N) is 2. The number of H-pyrrole nitrogens is 1. The maximum Gasteiger partial charge on any atom is 0.287 e. The molecule has 8 nitrogen and oxygen atoms in total. The molecule has 1 aliphatic rings. The lowest BCUT2D eigenvalue weighted by Crippen LogP contribution is -2.48. The predicted molar refractivity (Wildman–Crippen MR) is 85.6 cm³/mol. The van der Waals surface area contributed by atoms with Gasteiger partial charge < -0.3 is 15.2 Å². The number of aromatic amines is 1. The van der Waals surface area contributed by atoms with Crippen molar-refractivity contribution >= 4 is 24.0 Å². The summed E-state index contributed by atoms with van der Waals surface area (Å²) in [5, 5.41) is 14.0. The number of pyridine rings is 1. The van der Waals surface area contributed by atoms with Gasteiger partial charge in [0, 0.05) is 38.1 Å². The van der Waals surface area contributed by atoms with Crippen molar-refractivity contribution in [3.05, 3.63) is 58.2 Å². The molecular weight excluding hydrogens is 322 g/mol. The van der Waals surface area contributed by atoms with Gasteiger partial charge in [-0.15, -0.1) is 12.4 Å².